The van der Waals surface area contributed by atoms with Gasteiger partial charge in [0.1, 0.15) is 18.0 Å². The largest absolute Gasteiger partial charge is 0.495 e. The maximum absolute atomic E-state index is 13.4. The number of carbonyl (C=O) groups is 1. The lowest BCUT2D eigenvalue weighted by Crippen LogP contribution is -2.38. The molecule has 1 N–H and O–H groups in total. The summed E-state index contributed by atoms with van der Waals surface area (Å²) in [5, 5.41) is 3.00. The second-order valence-electron chi connectivity index (χ2n) is 6.90. The van der Waals surface area contributed by atoms with E-state index < -0.39 is 22.5 Å². The molecule has 7 nitrogen and oxygen atoms in total. The van der Waals surface area contributed by atoms with E-state index >= 15 is 0 Å². The second kappa shape index (κ2) is 9.93. The third kappa shape index (κ3) is 5.15. The second-order valence-corrected chi connectivity index (χ2v) is 9.17. The number of ether oxygens (including phenoxy) is 2. The topological polar surface area (TPSA) is 84.9 Å². The smallest absolute Gasteiger partial charge is 0.264 e. The monoisotopic (exact) mass is 474 g/mol. The zero-order valence-corrected chi connectivity index (χ0v) is 19.4. The van der Waals surface area contributed by atoms with Crippen molar-refractivity contribution in [2.75, 3.05) is 30.4 Å². The van der Waals surface area contributed by atoms with Crippen molar-refractivity contribution < 1.29 is 22.7 Å². The molecule has 0 saturated heterocycles. The molecule has 0 saturated carbocycles. The highest BCUT2D eigenvalue weighted by Gasteiger charge is 2.27. The summed E-state index contributed by atoms with van der Waals surface area (Å²) in [6.45, 7) is 1.45. The van der Waals surface area contributed by atoms with Crippen molar-refractivity contribution in [3.63, 3.8) is 0 Å². The number of halogens is 1. The first-order valence-electron chi connectivity index (χ1n) is 9.62. The number of rotatable bonds is 8. The van der Waals surface area contributed by atoms with E-state index in [1.807, 2.05) is 6.92 Å². The predicted octanol–water partition coefficient (Wildman–Crippen LogP) is 4.50. The molecule has 32 heavy (non-hydrogen) atoms. The summed E-state index contributed by atoms with van der Waals surface area (Å²) in [7, 11) is -1.11. The average molecular weight is 475 g/mol. The minimum atomic E-state index is -3.99. The lowest BCUT2D eigenvalue weighted by Gasteiger charge is -2.24. The molecule has 0 fully saturated rings. The number of hydrogen-bond acceptors (Lipinski definition) is 5. The van der Waals surface area contributed by atoms with E-state index in [1.165, 1.54) is 38.5 Å². The van der Waals surface area contributed by atoms with Crippen LogP contribution >= 0.6 is 11.6 Å². The summed E-state index contributed by atoms with van der Waals surface area (Å²) in [6.07, 6.45) is 0. The van der Waals surface area contributed by atoms with Crippen LogP contribution in [0.2, 0.25) is 5.02 Å². The van der Waals surface area contributed by atoms with Crippen LogP contribution in [0.25, 0.3) is 0 Å². The van der Waals surface area contributed by atoms with Gasteiger partial charge in [-0.25, -0.2) is 8.42 Å². The van der Waals surface area contributed by atoms with E-state index in [4.69, 9.17) is 21.1 Å². The van der Waals surface area contributed by atoms with E-state index in [0.29, 0.717) is 27.9 Å². The molecular weight excluding hydrogens is 452 g/mol. The molecule has 0 aliphatic carbocycles. The van der Waals surface area contributed by atoms with Crippen LogP contribution in [0.1, 0.15) is 5.56 Å². The number of methoxy groups -OCH3 is 2. The van der Waals surface area contributed by atoms with Crippen LogP contribution in [0.15, 0.2) is 71.6 Å². The SMILES string of the molecule is COc1cc(NC(=O)CN(c2ccc(C)cc2)S(=O)(=O)c2ccccc2)c(OC)cc1Cl. The van der Waals surface area contributed by atoms with Crippen LogP contribution in [0.4, 0.5) is 11.4 Å². The molecule has 0 bridgehead atoms. The number of aryl methyl sites for hydroxylation is 1. The Morgan fingerprint density at radius 3 is 2.19 bits per heavy atom. The van der Waals surface area contributed by atoms with Crippen LogP contribution in [-0.4, -0.2) is 35.1 Å². The molecule has 168 valence electrons. The zero-order valence-electron chi connectivity index (χ0n) is 17.8. The molecule has 0 atom stereocenters. The number of anilines is 2. The molecule has 0 aliphatic heterocycles. The Morgan fingerprint density at radius 1 is 0.969 bits per heavy atom. The van der Waals surface area contributed by atoms with Gasteiger partial charge in [0.2, 0.25) is 5.91 Å². The summed E-state index contributed by atoms with van der Waals surface area (Å²) in [5.41, 5.74) is 1.64. The van der Waals surface area contributed by atoms with Crippen LogP contribution in [0, 0.1) is 6.92 Å². The molecular formula is C23H23ClN2O5S. The van der Waals surface area contributed by atoms with E-state index in [2.05, 4.69) is 5.32 Å². The van der Waals surface area contributed by atoms with Gasteiger partial charge in [-0.2, -0.15) is 0 Å². The molecule has 3 aromatic carbocycles. The van der Waals surface area contributed by atoms with Crippen molar-refractivity contribution >= 4 is 38.9 Å². The Hall–Kier alpha value is -3.23. The van der Waals surface area contributed by atoms with Crippen LogP contribution in [0.3, 0.4) is 0 Å². The molecule has 3 aromatic rings. The van der Waals surface area contributed by atoms with E-state index in [1.54, 1.807) is 42.5 Å². The van der Waals surface area contributed by atoms with Crippen molar-refractivity contribution in [1.29, 1.82) is 0 Å². The maximum atomic E-state index is 13.4. The quantitative estimate of drug-likeness (QED) is 0.519. The van der Waals surface area contributed by atoms with Gasteiger partial charge in [0.15, 0.2) is 0 Å². The first-order valence-corrected chi connectivity index (χ1v) is 11.4. The molecule has 0 unspecified atom stereocenters. The zero-order chi connectivity index (χ0) is 23.3. The first-order chi connectivity index (χ1) is 15.3. The molecule has 0 aliphatic rings. The summed E-state index contributed by atoms with van der Waals surface area (Å²) < 4.78 is 38.3. The summed E-state index contributed by atoms with van der Waals surface area (Å²) in [4.78, 5) is 13.0. The maximum Gasteiger partial charge on any atom is 0.264 e. The van der Waals surface area contributed by atoms with E-state index in [-0.39, 0.29) is 4.90 Å². The number of nitrogens with zero attached hydrogens (tertiary/aromatic N) is 1. The third-order valence-corrected chi connectivity index (χ3v) is 6.77. The molecule has 0 aromatic heterocycles. The van der Waals surface area contributed by atoms with Gasteiger partial charge in [0, 0.05) is 12.1 Å². The molecule has 0 radical (unpaired) electrons. The number of carbonyl (C=O) groups excluding carboxylic acids is 1. The van der Waals surface area contributed by atoms with E-state index in [9.17, 15) is 13.2 Å². The normalized spacial score (nSPS) is 11.0. The standard InChI is InChI=1S/C23H23ClN2O5S/c1-16-9-11-17(12-10-16)26(32(28,29)18-7-5-4-6-8-18)15-23(27)25-20-14-21(30-2)19(24)13-22(20)31-3/h4-14H,15H2,1-3H3,(H,25,27). The number of sulfonamides is 1. The Morgan fingerprint density at radius 2 is 1.59 bits per heavy atom. The van der Waals surface area contributed by atoms with Gasteiger partial charge in [0.05, 0.1) is 35.5 Å². The molecule has 1 amide bonds. The average Bonchev–Trinajstić information content (AvgIpc) is 2.79. The minimum absolute atomic E-state index is 0.0825. The number of hydrogen-bond donors (Lipinski definition) is 1. The molecule has 3 rings (SSSR count). The Kier molecular flexibility index (Phi) is 7.27. The van der Waals surface area contributed by atoms with Gasteiger partial charge in [-0.3, -0.25) is 9.10 Å². The third-order valence-electron chi connectivity index (χ3n) is 4.69. The van der Waals surface area contributed by atoms with Crippen LogP contribution < -0.4 is 19.1 Å². The Bertz CT molecular complexity index is 1200. The highest BCUT2D eigenvalue weighted by atomic mass is 35.5. The van der Waals surface area contributed by atoms with Gasteiger partial charge in [0.25, 0.3) is 10.0 Å². The molecule has 0 heterocycles. The van der Waals surface area contributed by atoms with Gasteiger partial charge in [-0.1, -0.05) is 47.5 Å². The lowest BCUT2D eigenvalue weighted by molar-refractivity contribution is -0.114. The highest BCUT2D eigenvalue weighted by Crippen LogP contribution is 2.36. The van der Waals surface area contributed by atoms with E-state index in [0.717, 1.165) is 9.87 Å². The first kappa shape index (κ1) is 23.4. The van der Waals surface area contributed by atoms with Crippen molar-refractivity contribution in [1.82, 2.24) is 0 Å². The lowest BCUT2D eigenvalue weighted by atomic mass is 10.2. The minimum Gasteiger partial charge on any atom is -0.495 e. The fraction of sp³-hybridized carbons (Fsp3) is 0.174. The van der Waals surface area contributed by atoms with Gasteiger partial charge in [-0.15, -0.1) is 0 Å². The van der Waals surface area contributed by atoms with Crippen molar-refractivity contribution in [2.24, 2.45) is 0 Å². The van der Waals surface area contributed by atoms with Crippen molar-refractivity contribution in [2.45, 2.75) is 11.8 Å². The summed E-state index contributed by atoms with van der Waals surface area (Å²) in [5.74, 6) is 0.0970. The molecule has 9 heteroatoms. The highest BCUT2D eigenvalue weighted by molar-refractivity contribution is 7.92. The Balaban J connectivity index is 1.95. The fourth-order valence-electron chi connectivity index (χ4n) is 3.02. The van der Waals surface area contributed by atoms with Gasteiger partial charge < -0.3 is 14.8 Å². The number of nitrogens with one attached hydrogen (secondary N) is 1. The summed E-state index contributed by atoms with van der Waals surface area (Å²) in [6, 6.07) is 17.9. The van der Waals surface area contributed by atoms with Gasteiger partial charge in [-0.05, 0) is 31.2 Å². The summed E-state index contributed by atoms with van der Waals surface area (Å²) >= 11 is 6.12. The number of benzene rings is 3. The van der Waals surface area contributed by atoms with Crippen molar-refractivity contribution in [3.05, 3.63) is 77.3 Å². The fourth-order valence-corrected chi connectivity index (χ4v) is 4.70. The van der Waals surface area contributed by atoms with Crippen molar-refractivity contribution in [3.8, 4) is 11.5 Å². The Labute approximate surface area is 192 Å². The predicted molar refractivity (Wildman–Crippen MR) is 125 cm³/mol. The van der Waals surface area contributed by atoms with Crippen LogP contribution in [-0.2, 0) is 14.8 Å². The number of amides is 1. The van der Waals surface area contributed by atoms with Gasteiger partial charge >= 0.3 is 0 Å². The molecule has 0 spiro atoms. The van der Waals surface area contributed by atoms with Crippen LogP contribution in [0.5, 0.6) is 11.5 Å².